The Balaban J connectivity index is 1.54. The number of nitrogens with one attached hydrogen (secondary N) is 1. The Hall–Kier alpha value is -3.19. The van der Waals surface area contributed by atoms with Gasteiger partial charge in [0.2, 0.25) is 0 Å². The van der Waals surface area contributed by atoms with Gasteiger partial charge < -0.3 is 10.1 Å². The smallest absolute Gasteiger partial charge is 0.269 e. The summed E-state index contributed by atoms with van der Waals surface area (Å²) in [5.41, 5.74) is 3.21. The van der Waals surface area contributed by atoms with Crippen molar-refractivity contribution in [1.82, 2.24) is 0 Å². The molecule has 3 aromatic rings. The predicted octanol–water partition coefficient (Wildman–Crippen LogP) is 5.53. The Morgan fingerprint density at radius 1 is 1.10 bits per heavy atom. The molecular formula is C22H17BrN2O4. The zero-order chi connectivity index (χ0) is 20.4. The number of Topliss-reactive ketones (excluding diaryl/α,β-unsaturated/α-hetero) is 1. The highest BCUT2D eigenvalue weighted by atomic mass is 79.9. The molecular weight excluding hydrogens is 436 g/mol. The van der Waals surface area contributed by atoms with E-state index in [1.165, 1.54) is 12.1 Å². The first-order chi connectivity index (χ1) is 14.0. The molecule has 146 valence electrons. The van der Waals surface area contributed by atoms with E-state index >= 15 is 0 Å². The molecule has 7 heteroatoms. The first kappa shape index (κ1) is 19.1. The molecule has 1 aliphatic heterocycles. The molecule has 0 fully saturated rings. The van der Waals surface area contributed by atoms with Crippen LogP contribution in [0.2, 0.25) is 0 Å². The van der Waals surface area contributed by atoms with Gasteiger partial charge in [-0.25, -0.2) is 0 Å². The van der Waals surface area contributed by atoms with E-state index in [-0.39, 0.29) is 17.4 Å². The van der Waals surface area contributed by atoms with E-state index in [0.29, 0.717) is 24.3 Å². The molecule has 0 saturated carbocycles. The Kier molecular flexibility index (Phi) is 5.31. The molecule has 1 N–H and O–H groups in total. The molecule has 0 bridgehead atoms. The molecule has 4 rings (SSSR count). The van der Waals surface area contributed by atoms with E-state index in [1.54, 1.807) is 24.3 Å². The van der Waals surface area contributed by atoms with Crippen molar-refractivity contribution >= 4 is 38.8 Å². The Labute approximate surface area is 175 Å². The normalized spacial score (nSPS) is 15.3. The maximum Gasteiger partial charge on any atom is 0.269 e. The minimum atomic E-state index is -0.428. The van der Waals surface area contributed by atoms with Crippen LogP contribution in [0.25, 0.3) is 0 Å². The van der Waals surface area contributed by atoms with Crippen molar-refractivity contribution in [3.8, 4) is 5.75 Å². The summed E-state index contributed by atoms with van der Waals surface area (Å²) in [5, 5.41) is 14.1. The SMILES string of the molecule is O=C1c2cc(Br)ccc2OCC1Cc1ccccc1Nc1ccc([N+](=O)[O-])cc1. The van der Waals surface area contributed by atoms with Crippen LogP contribution in [0.15, 0.2) is 71.2 Å². The van der Waals surface area contributed by atoms with Crippen molar-refractivity contribution in [3.05, 3.63) is 92.4 Å². The predicted molar refractivity (Wildman–Crippen MR) is 114 cm³/mol. The largest absolute Gasteiger partial charge is 0.492 e. The van der Waals surface area contributed by atoms with Crippen molar-refractivity contribution in [2.24, 2.45) is 5.92 Å². The quantitative estimate of drug-likeness (QED) is 0.406. The minimum absolute atomic E-state index is 0.0404. The van der Waals surface area contributed by atoms with Crippen molar-refractivity contribution in [2.45, 2.75) is 6.42 Å². The Morgan fingerprint density at radius 3 is 2.62 bits per heavy atom. The lowest BCUT2D eigenvalue weighted by Gasteiger charge is -2.25. The van der Waals surface area contributed by atoms with Gasteiger partial charge in [0.15, 0.2) is 5.78 Å². The zero-order valence-corrected chi connectivity index (χ0v) is 16.9. The highest BCUT2D eigenvalue weighted by molar-refractivity contribution is 9.10. The second-order valence-electron chi connectivity index (χ2n) is 6.80. The second-order valence-corrected chi connectivity index (χ2v) is 7.72. The molecule has 0 amide bonds. The summed E-state index contributed by atoms with van der Waals surface area (Å²) in [6.45, 7) is 0.333. The van der Waals surface area contributed by atoms with E-state index < -0.39 is 4.92 Å². The summed E-state index contributed by atoms with van der Waals surface area (Å²) in [7, 11) is 0. The minimum Gasteiger partial charge on any atom is -0.492 e. The van der Waals surface area contributed by atoms with Gasteiger partial charge >= 0.3 is 0 Å². The fourth-order valence-electron chi connectivity index (χ4n) is 3.37. The van der Waals surface area contributed by atoms with E-state index in [9.17, 15) is 14.9 Å². The molecule has 3 aromatic carbocycles. The highest BCUT2D eigenvalue weighted by Crippen LogP contribution is 2.33. The van der Waals surface area contributed by atoms with Crippen LogP contribution in [0.3, 0.4) is 0 Å². The molecule has 0 spiro atoms. The average molecular weight is 453 g/mol. The molecule has 1 atom stereocenters. The first-order valence-corrected chi connectivity index (χ1v) is 9.86. The monoisotopic (exact) mass is 452 g/mol. The van der Waals surface area contributed by atoms with Gasteiger partial charge in [0.25, 0.3) is 5.69 Å². The first-order valence-electron chi connectivity index (χ1n) is 9.07. The highest BCUT2D eigenvalue weighted by Gasteiger charge is 2.29. The number of carbonyl (C=O) groups excluding carboxylic acids is 1. The lowest BCUT2D eigenvalue weighted by molar-refractivity contribution is -0.384. The molecule has 6 nitrogen and oxygen atoms in total. The van der Waals surface area contributed by atoms with Crippen LogP contribution in [0.1, 0.15) is 15.9 Å². The molecule has 0 aromatic heterocycles. The van der Waals surface area contributed by atoms with E-state index in [0.717, 1.165) is 21.4 Å². The number of ketones is 1. The Morgan fingerprint density at radius 2 is 1.86 bits per heavy atom. The molecule has 0 saturated heterocycles. The van der Waals surface area contributed by atoms with Gasteiger partial charge in [-0.15, -0.1) is 0 Å². The number of para-hydroxylation sites is 1. The number of anilines is 2. The maximum absolute atomic E-state index is 13.0. The summed E-state index contributed by atoms with van der Waals surface area (Å²) in [6.07, 6.45) is 0.529. The Bertz CT molecular complexity index is 1080. The molecule has 0 aliphatic carbocycles. The zero-order valence-electron chi connectivity index (χ0n) is 15.3. The molecule has 1 aliphatic rings. The third kappa shape index (κ3) is 4.14. The van der Waals surface area contributed by atoms with Crippen LogP contribution >= 0.6 is 15.9 Å². The van der Waals surface area contributed by atoms with Crippen molar-refractivity contribution in [3.63, 3.8) is 0 Å². The van der Waals surface area contributed by atoms with Gasteiger partial charge in [-0.2, -0.15) is 0 Å². The number of rotatable bonds is 5. The summed E-state index contributed by atoms with van der Waals surface area (Å²) < 4.78 is 6.64. The summed E-state index contributed by atoms with van der Waals surface area (Å²) in [6, 6.07) is 19.4. The number of nitro benzene ring substituents is 1. The fourth-order valence-corrected chi connectivity index (χ4v) is 3.73. The van der Waals surface area contributed by atoms with E-state index in [1.807, 2.05) is 30.3 Å². The maximum atomic E-state index is 13.0. The third-order valence-electron chi connectivity index (χ3n) is 4.86. The molecule has 0 radical (unpaired) electrons. The van der Waals surface area contributed by atoms with Gasteiger partial charge in [-0.3, -0.25) is 14.9 Å². The van der Waals surface area contributed by atoms with Gasteiger partial charge in [-0.05, 0) is 48.4 Å². The summed E-state index contributed by atoms with van der Waals surface area (Å²) in [5.74, 6) is 0.404. The number of ether oxygens (including phenoxy) is 1. The number of non-ortho nitro benzene ring substituents is 1. The number of benzene rings is 3. The van der Waals surface area contributed by atoms with Crippen LogP contribution in [-0.4, -0.2) is 17.3 Å². The van der Waals surface area contributed by atoms with E-state index in [4.69, 9.17) is 4.74 Å². The number of hydrogen-bond acceptors (Lipinski definition) is 5. The van der Waals surface area contributed by atoms with E-state index in [2.05, 4.69) is 21.2 Å². The fraction of sp³-hybridized carbons (Fsp3) is 0.136. The van der Waals surface area contributed by atoms with Crippen LogP contribution in [0, 0.1) is 16.0 Å². The van der Waals surface area contributed by atoms with Gasteiger partial charge in [-0.1, -0.05) is 34.1 Å². The summed E-state index contributed by atoms with van der Waals surface area (Å²) in [4.78, 5) is 23.4. The van der Waals surface area contributed by atoms with Gasteiger partial charge in [0, 0.05) is 28.0 Å². The molecule has 1 unspecified atom stereocenters. The van der Waals surface area contributed by atoms with Crippen molar-refractivity contribution in [2.75, 3.05) is 11.9 Å². The van der Waals surface area contributed by atoms with Crippen LogP contribution < -0.4 is 10.1 Å². The number of nitrogens with zero attached hydrogens (tertiary/aromatic N) is 1. The number of hydrogen-bond donors (Lipinski definition) is 1. The lowest BCUT2D eigenvalue weighted by Crippen LogP contribution is -2.29. The standard InChI is InChI=1S/C22H17BrN2O4/c23-16-5-10-21-19(12-16)22(26)15(13-29-21)11-14-3-1-2-4-20(14)24-17-6-8-18(9-7-17)25(27)28/h1-10,12,15,24H,11,13H2. The third-order valence-corrected chi connectivity index (χ3v) is 5.35. The number of fused-ring (bicyclic) bond motifs is 1. The van der Waals surface area contributed by atoms with Crippen LogP contribution in [0.5, 0.6) is 5.75 Å². The van der Waals surface area contributed by atoms with Crippen molar-refractivity contribution in [1.29, 1.82) is 0 Å². The van der Waals surface area contributed by atoms with Gasteiger partial charge in [0.1, 0.15) is 5.75 Å². The molecule has 1 heterocycles. The number of nitro groups is 1. The van der Waals surface area contributed by atoms with Crippen LogP contribution in [0.4, 0.5) is 17.1 Å². The topological polar surface area (TPSA) is 81.5 Å². The van der Waals surface area contributed by atoms with Gasteiger partial charge in [0.05, 0.1) is 23.0 Å². The van der Waals surface area contributed by atoms with Crippen molar-refractivity contribution < 1.29 is 14.5 Å². The second kappa shape index (κ2) is 8.05. The average Bonchev–Trinajstić information content (AvgIpc) is 2.72. The molecule has 29 heavy (non-hydrogen) atoms. The number of carbonyl (C=O) groups is 1. The number of halogens is 1. The summed E-state index contributed by atoms with van der Waals surface area (Å²) >= 11 is 3.41. The lowest BCUT2D eigenvalue weighted by atomic mass is 9.89. The van der Waals surface area contributed by atoms with Crippen LogP contribution in [-0.2, 0) is 6.42 Å².